The first-order valence-corrected chi connectivity index (χ1v) is 2.50. The first kappa shape index (κ1) is 4.62. The van der Waals surface area contributed by atoms with Crippen molar-refractivity contribution in [1.29, 1.82) is 0 Å². The van der Waals surface area contributed by atoms with E-state index in [2.05, 4.69) is 12.0 Å². The molecule has 0 unspecified atom stereocenters. The zero-order chi connectivity index (χ0) is 5.11. The van der Waals surface area contributed by atoms with Gasteiger partial charge in [0.1, 0.15) is 0 Å². The molecule has 39 valence electrons. The Morgan fingerprint density at radius 1 is 1.86 bits per heavy atom. The predicted octanol–water partition coefficient (Wildman–Crippen LogP) is 0.512. The molecule has 0 atom stereocenters. The van der Waals surface area contributed by atoms with Crippen LogP contribution >= 0.6 is 0 Å². The molecule has 0 aromatic heterocycles. The van der Waals surface area contributed by atoms with Gasteiger partial charge in [0.2, 0.25) is 0 Å². The molecule has 7 heavy (non-hydrogen) atoms. The summed E-state index contributed by atoms with van der Waals surface area (Å²) in [6.07, 6.45) is 3.01. The molecule has 0 saturated heterocycles. The summed E-state index contributed by atoms with van der Waals surface area (Å²) in [4.78, 5) is 0. The molecule has 0 fully saturated rings. The van der Waals surface area contributed by atoms with Gasteiger partial charge < -0.3 is 0 Å². The molecular weight excluding hydrogens is 88.1 g/mol. The summed E-state index contributed by atoms with van der Waals surface area (Å²) in [7, 11) is 0. The molecule has 1 radical (unpaired) electrons. The Hall–Kier alpha value is -0.530. The van der Waals surface area contributed by atoms with Crippen LogP contribution in [0.1, 0.15) is 6.42 Å². The maximum absolute atomic E-state index is 4.00. The van der Waals surface area contributed by atoms with Crippen molar-refractivity contribution < 1.29 is 0 Å². The maximum Gasteiger partial charge on any atom is 0.0410 e. The second kappa shape index (κ2) is 1.96. The van der Waals surface area contributed by atoms with E-state index in [1.165, 1.54) is 0 Å². The van der Waals surface area contributed by atoms with Crippen LogP contribution in [-0.2, 0) is 0 Å². The van der Waals surface area contributed by atoms with Crippen molar-refractivity contribution in [3.8, 4) is 0 Å². The Balaban J connectivity index is 2.28. The van der Waals surface area contributed by atoms with Gasteiger partial charge in [-0.2, -0.15) is 5.10 Å². The molecule has 0 saturated carbocycles. The van der Waals surface area contributed by atoms with Crippen molar-refractivity contribution in [1.82, 2.24) is 5.01 Å². The minimum absolute atomic E-state index is 0.802. The summed E-state index contributed by atoms with van der Waals surface area (Å²) in [5, 5.41) is 5.94. The molecule has 2 heteroatoms. The van der Waals surface area contributed by atoms with Crippen LogP contribution in [0, 0.1) is 6.92 Å². The van der Waals surface area contributed by atoms with Gasteiger partial charge in [-0.05, 0) is 6.92 Å². The first-order valence-electron chi connectivity index (χ1n) is 2.50. The topological polar surface area (TPSA) is 15.6 Å². The van der Waals surface area contributed by atoms with E-state index >= 15 is 0 Å². The third-order valence-electron chi connectivity index (χ3n) is 1.02. The molecule has 1 aliphatic heterocycles. The van der Waals surface area contributed by atoms with Crippen molar-refractivity contribution in [2.45, 2.75) is 6.42 Å². The quantitative estimate of drug-likeness (QED) is 0.465. The van der Waals surface area contributed by atoms with Gasteiger partial charge in [0, 0.05) is 25.7 Å². The standard InChI is InChI=1S/C5H9N2/c1-2-7-5-3-4-6-7/h4H,1-3,5H2. The average Bonchev–Trinajstić information content (AvgIpc) is 2.14. The van der Waals surface area contributed by atoms with Crippen LogP contribution in [0.4, 0.5) is 0 Å². The van der Waals surface area contributed by atoms with E-state index < -0.39 is 0 Å². The summed E-state index contributed by atoms with van der Waals surface area (Å²) in [5.74, 6) is 0. The van der Waals surface area contributed by atoms with Gasteiger partial charge in [0.25, 0.3) is 0 Å². The molecule has 0 bridgehead atoms. The fourth-order valence-corrected chi connectivity index (χ4v) is 0.607. The second-order valence-corrected chi connectivity index (χ2v) is 1.54. The number of hydrogen-bond acceptors (Lipinski definition) is 2. The van der Waals surface area contributed by atoms with E-state index in [0.29, 0.717) is 0 Å². The molecule has 2 nitrogen and oxygen atoms in total. The van der Waals surface area contributed by atoms with Crippen molar-refractivity contribution in [2.24, 2.45) is 5.10 Å². The third-order valence-corrected chi connectivity index (χ3v) is 1.02. The van der Waals surface area contributed by atoms with E-state index in [-0.39, 0.29) is 0 Å². The summed E-state index contributed by atoms with van der Waals surface area (Å²) in [6, 6.07) is 0. The lowest BCUT2D eigenvalue weighted by Gasteiger charge is -2.07. The summed E-state index contributed by atoms with van der Waals surface area (Å²) >= 11 is 0. The molecule has 1 rings (SSSR count). The zero-order valence-corrected chi connectivity index (χ0v) is 4.30. The van der Waals surface area contributed by atoms with Crippen molar-refractivity contribution in [2.75, 3.05) is 13.1 Å². The number of hydrogen-bond donors (Lipinski definition) is 0. The SMILES string of the molecule is [CH2]CN1CCC=N1. The van der Waals surface area contributed by atoms with Gasteiger partial charge in [-0.15, -0.1) is 0 Å². The van der Waals surface area contributed by atoms with Gasteiger partial charge in [-0.1, -0.05) is 0 Å². The Morgan fingerprint density at radius 3 is 3.00 bits per heavy atom. The van der Waals surface area contributed by atoms with Crippen molar-refractivity contribution >= 4 is 6.21 Å². The van der Waals surface area contributed by atoms with Crippen LogP contribution < -0.4 is 0 Å². The summed E-state index contributed by atoms with van der Waals surface area (Å²) in [5.41, 5.74) is 0. The highest BCUT2D eigenvalue weighted by Gasteiger charge is 1.99. The largest absolute Gasteiger partial charge is 0.297 e. The highest BCUT2D eigenvalue weighted by Crippen LogP contribution is 1.95. The van der Waals surface area contributed by atoms with E-state index in [0.717, 1.165) is 19.5 Å². The average molecular weight is 97.1 g/mol. The Kier molecular flexibility index (Phi) is 1.29. The van der Waals surface area contributed by atoms with Gasteiger partial charge in [0.05, 0.1) is 0 Å². The number of nitrogens with zero attached hydrogens (tertiary/aromatic N) is 2. The molecule has 0 spiro atoms. The lowest BCUT2D eigenvalue weighted by Crippen LogP contribution is -2.12. The summed E-state index contributed by atoms with van der Waals surface area (Å²) in [6.45, 7) is 5.54. The molecule has 1 heterocycles. The lowest BCUT2D eigenvalue weighted by atomic mass is 10.5. The Labute approximate surface area is 43.8 Å². The maximum atomic E-state index is 4.00. The van der Waals surface area contributed by atoms with Crippen LogP contribution in [0.3, 0.4) is 0 Å². The normalized spacial score (nSPS) is 18.7. The Bertz CT molecular complexity index is 78.1. The highest BCUT2D eigenvalue weighted by atomic mass is 15.5. The highest BCUT2D eigenvalue weighted by molar-refractivity contribution is 5.58. The van der Waals surface area contributed by atoms with Gasteiger partial charge >= 0.3 is 0 Å². The molecular formula is C5H9N2. The third kappa shape index (κ3) is 0.918. The second-order valence-electron chi connectivity index (χ2n) is 1.54. The first-order chi connectivity index (χ1) is 3.43. The van der Waals surface area contributed by atoms with E-state index in [9.17, 15) is 0 Å². The minimum atomic E-state index is 0.802. The molecule has 0 amide bonds. The fraction of sp³-hybridized carbons (Fsp3) is 0.600. The minimum Gasteiger partial charge on any atom is -0.297 e. The molecule has 0 N–H and O–H groups in total. The van der Waals surface area contributed by atoms with Crippen LogP contribution in [0.5, 0.6) is 0 Å². The van der Waals surface area contributed by atoms with E-state index in [1.807, 2.05) is 11.2 Å². The molecule has 1 aliphatic rings. The predicted molar refractivity (Wildman–Crippen MR) is 30.0 cm³/mol. The van der Waals surface area contributed by atoms with Gasteiger partial charge in [-0.25, -0.2) is 0 Å². The number of hydrazone groups is 1. The smallest absolute Gasteiger partial charge is 0.0410 e. The lowest BCUT2D eigenvalue weighted by molar-refractivity contribution is 0.353. The van der Waals surface area contributed by atoms with Crippen molar-refractivity contribution in [3.05, 3.63) is 6.92 Å². The van der Waals surface area contributed by atoms with Crippen LogP contribution in [0.15, 0.2) is 5.10 Å². The van der Waals surface area contributed by atoms with Crippen LogP contribution in [0.25, 0.3) is 0 Å². The Morgan fingerprint density at radius 2 is 2.71 bits per heavy atom. The van der Waals surface area contributed by atoms with Crippen LogP contribution in [0.2, 0.25) is 0 Å². The summed E-state index contributed by atoms with van der Waals surface area (Å²) < 4.78 is 0. The van der Waals surface area contributed by atoms with E-state index in [4.69, 9.17) is 0 Å². The fourth-order valence-electron chi connectivity index (χ4n) is 0.607. The monoisotopic (exact) mass is 97.1 g/mol. The van der Waals surface area contributed by atoms with Crippen molar-refractivity contribution in [3.63, 3.8) is 0 Å². The molecule has 0 aromatic rings. The molecule has 0 aromatic carbocycles. The van der Waals surface area contributed by atoms with Crippen LogP contribution in [-0.4, -0.2) is 24.3 Å². The van der Waals surface area contributed by atoms with Gasteiger partial charge in [0.15, 0.2) is 0 Å². The zero-order valence-electron chi connectivity index (χ0n) is 4.30. The number of rotatable bonds is 1. The van der Waals surface area contributed by atoms with Gasteiger partial charge in [-0.3, -0.25) is 5.01 Å². The van der Waals surface area contributed by atoms with E-state index in [1.54, 1.807) is 0 Å². The molecule has 0 aliphatic carbocycles.